The number of carbonyl (C=O) groups excluding carboxylic acids is 1. The van der Waals surface area contributed by atoms with Crippen molar-refractivity contribution in [3.05, 3.63) is 29.8 Å². The SMILES string of the molecule is COc1ccc(CN2CC(C)(C3CCNCC3)OC2=O)cc1. The molecule has 1 aromatic rings. The van der Waals surface area contributed by atoms with Crippen molar-refractivity contribution < 1.29 is 14.3 Å². The number of piperidine rings is 1. The zero-order chi connectivity index (χ0) is 15.6. The number of nitrogens with zero attached hydrogens (tertiary/aromatic N) is 1. The summed E-state index contributed by atoms with van der Waals surface area (Å²) in [5.41, 5.74) is 0.735. The van der Waals surface area contributed by atoms with Crippen LogP contribution in [-0.4, -0.2) is 43.3 Å². The van der Waals surface area contributed by atoms with E-state index in [1.54, 1.807) is 7.11 Å². The lowest BCUT2D eigenvalue weighted by Crippen LogP contribution is -2.44. The van der Waals surface area contributed by atoms with Gasteiger partial charge in [-0.2, -0.15) is 0 Å². The van der Waals surface area contributed by atoms with Crippen LogP contribution in [0, 0.1) is 5.92 Å². The highest BCUT2D eigenvalue weighted by Gasteiger charge is 2.46. The molecule has 2 heterocycles. The van der Waals surface area contributed by atoms with Gasteiger partial charge in [0.1, 0.15) is 11.4 Å². The second-order valence-corrected chi connectivity index (χ2v) is 6.41. The minimum absolute atomic E-state index is 0.197. The maximum Gasteiger partial charge on any atom is 0.410 e. The van der Waals surface area contributed by atoms with E-state index < -0.39 is 0 Å². The monoisotopic (exact) mass is 304 g/mol. The minimum Gasteiger partial charge on any atom is -0.497 e. The van der Waals surface area contributed by atoms with Gasteiger partial charge in [0.15, 0.2) is 0 Å². The molecule has 1 N–H and O–H groups in total. The molecule has 0 aromatic heterocycles. The Morgan fingerprint density at radius 2 is 2.00 bits per heavy atom. The fourth-order valence-electron chi connectivity index (χ4n) is 3.46. The summed E-state index contributed by atoms with van der Waals surface area (Å²) in [6.07, 6.45) is 1.94. The normalized spacial score (nSPS) is 26.1. The molecule has 0 spiro atoms. The van der Waals surface area contributed by atoms with E-state index in [9.17, 15) is 4.79 Å². The van der Waals surface area contributed by atoms with Crippen LogP contribution in [0.15, 0.2) is 24.3 Å². The largest absolute Gasteiger partial charge is 0.497 e. The van der Waals surface area contributed by atoms with Crippen LogP contribution in [-0.2, 0) is 11.3 Å². The van der Waals surface area contributed by atoms with Gasteiger partial charge in [-0.05, 0) is 50.6 Å². The van der Waals surface area contributed by atoms with Gasteiger partial charge in [-0.1, -0.05) is 12.1 Å². The number of amides is 1. The first-order valence-electron chi connectivity index (χ1n) is 7.92. The van der Waals surface area contributed by atoms with Crippen LogP contribution >= 0.6 is 0 Å². The maximum atomic E-state index is 12.2. The van der Waals surface area contributed by atoms with E-state index >= 15 is 0 Å². The quantitative estimate of drug-likeness (QED) is 0.928. The van der Waals surface area contributed by atoms with Gasteiger partial charge in [-0.25, -0.2) is 4.79 Å². The zero-order valence-electron chi connectivity index (χ0n) is 13.3. The minimum atomic E-state index is -0.356. The summed E-state index contributed by atoms with van der Waals surface area (Å²) >= 11 is 0. The number of hydrogen-bond acceptors (Lipinski definition) is 4. The summed E-state index contributed by atoms with van der Waals surface area (Å²) in [7, 11) is 1.65. The third kappa shape index (κ3) is 3.04. The Balaban J connectivity index is 1.65. The lowest BCUT2D eigenvalue weighted by molar-refractivity contribution is 0.00943. The molecule has 5 heteroatoms. The highest BCUT2D eigenvalue weighted by Crippen LogP contribution is 2.35. The molecule has 1 unspecified atom stereocenters. The van der Waals surface area contributed by atoms with Gasteiger partial charge >= 0.3 is 6.09 Å². The zero-order valence-corrected chi connectivity index (χ0v) is 13.3. The molecular formula is C17H24N2O3. The molecule has 0 bridgehead atoms. The van der Waals surface area contributed by atoms with Crippen LogP contribution in [0.5, 0.6) is 5.75 Å². The predicted octanol–water partition coefficient (Wildman–Crippen LogP) is 2.41. The Bertz CT molecular complexity index is 525. The molecule has 2 fully saturated rings. The van der Waals surface area contributed by atoms with Crippen molar-refractivity contribution in [3.63, 3.8) is 0 Å². The van der Waals surface area contributed by atoms with Crippen LogP contribution in [0.4, 0.5) is 4.79 Å². The predicted molar refractivity (Wildman–Crippen MR) is 83.9 cm³/mol. The highest BCUT2D eigenvalue weighted by atomic mass is 16.6. The molecule has 1 aromatic carbocycles. The Morgan fingerprint density at radius 1 is 1.32 bits per heavy atom. The lowest BCUT2D eigenvalue weighted by Gasteiger charge is -2.34. The van der Waals surface area contributed by atoms with E-state index in [2.05, 4.69) is 12.2 Å². The van der Waals surface area contributed by atoms with Gasteiger partial charge in [0.2, 0.25) is 0 Å². The van der Waals surface area contributed by atoms with Gasteiger partial charge in [-0.15, -0.1) is 0 Å². The number of methoxy groups -OCH3 is 1. The Hall–Kier alpha value is -1.75. The number of carbonyl (C=O) groups is 1. The molecule has 1 atom stereocenters. The van der Waals surface area contributed by atoms with Crippen LogP contribution in [0.1, 0.15) is 25.3 Å². The van der Waals surface area contributed by atoms with Crippen molar-refractivity contribution >= 4 is 6.09 Å². The summed E-state index contributed by atoms with van der Waals surface area (Å²) in [4.78, 5) is 14.0. The molecule has 0 saturated carbocycles. The van der Waals surface area contributed by atoms with E-state index in [1.807, 2.05) is 29.2 Å². The summed E-state index contributed by atoms with van der Waals surface area (Å²) in [6.45, 7) is 5.35. The van der Waals surface area contributed by atoms with Crippen molar-refractivity contribution in [2.75, 3.05) is 26.7 Å². The Kier molecular flexibility index (Phi) is 4.25. The first kappa shape index (κ1) is 15.2. The first-order valence-corrected chi connectivity index (χ1v) is 7.92. The van der Waals surface area contributed by atoms with Crippen LogP contribution in [0.2, 0.25) is 0 Å². The third-order valence-corrected chi connectivity index (χ3v) is 4.82. The smallest absolute Gasteiger partial charge is 0.410 e. The second-order valence-electron chi connectivity index (χ2n) is 6.41. The van der Waals surface area contributed by atoms with E-state index in [0.717, 1.165) is 37.2 Å². The summed E-state index contributed by atoms with van der Waals surface area (Å²) < 4.78 is 10.9. The number of cyclic esters (lactones) is 1. The number of ether oxygens (including phenoxy) is 2. The molecule has 3 rings (SSSR count). The van der Waals surface area contributed by atoms with Gasteiger partial charge in [0.05, 0.1) is 13.7 Å². The van der Waals surface area contributed by atoms with Crippen molar-refractivity contribution in [1.82, 2.24) is 10.2 Å². The van der Waals surface area contributed by atoms with Crippen LogP contribution in [0.25, 0.3) is 0 Å². The summed E-state index contributed by atoms with van der Waals surface area (Å²) in [6, 6.07) is 7.82. The molecule has 22 heavy (non-hydrogen) atoms. The van der Waals surface area contributed by atoms with Gasteiger partial charge in [-0.3, -0.25) is 4.90 Å². The van der Waals surface area contributed by atoms with E-state index in [4.69, 9.17) is 9.47 Å². The first-order chi connectivity index (χ1) is 10.6. The molecule has 5 nitrogen and oxygen atoms in total. The standard InChI is InChI=1S/C17H24N2O3/c1-17(14-7-9-18-10-8-14)12-19(16(20)22-17)11-13-3-5-15(21-2)6-4-13/h3-6,14,18H,7-12H2,1-2H3. The van der Waals surface area contributed by atoms with Crippen molar-refractivity contribution in [1.29, 1.82) is 0 Å². The van der Waals surface area contributed by atoms with Gasteiger partial charge in [0, 0.05) is 12.5 Å². The lowest BCUT2D eigenvalue weighted by atomic mass is 9.82. The van der Waals surface area contributed by atoms with Gasteiger partial charge in [0.25, 0.3) is 0 Å². The van der Waals surface area contributed by atoms with E-state index in [0.29, 0.717) is 19.0 Å². The van der Waals surface area contributed by atoms with E-state index in [1.165, 1.54) is 0 Å². The van der Waals surface area contributed by atoms with E-state index in [-0.39, 0.29) is 11.7 Å². The number of nitrogens with one attached hydrogen (secondary N) is 1. The van der Waals surface area contributed by atoms with Crippen LogP contribution < -0.4 is 10.1 Å². The molecule has 0 aliphatic carbocycles. The third-order valence-electron chi connectivity index (χ3n) is 4.82. The van der Waals surface area contributed by atoms with Crippen LogP contribution in [0.3, 0.4) is 0 Å². The molecule has 2 saturated heterocycles. The Morgan fingerprint density at radius 3 is 2.64 bits per heavy atom. The Labute approximate surface area is 131 Å². The summed E-state index contributed by atoms with van der Waals surface area (Å²) in [5.74, 6) is 1.27. The number of rotatable bonds is 4. The van der Waals surface area contributed by atoms with Crippen molar-refractivity contribution in [2.24, 2.45) is 5.92 Å². The molecule has 2 aliphatic heterocycles. The number of hydrogen-bond donors (Lipinski definition) is 1. The summed E-state index contributed by atoms with van der Waals surface area (Å²) in [5, 5.41) is 3.36. The highest BCUT2D eigenvalue weighted by molar-refractivity contribution is 5.70. The average molecular weight is 304 g/mol. The molecule has 0 radical (unpaired) electrons. The van der Waals surface area contributed by atoms with Crippen molar-refractivity contribution in [3.8, 4) is 5.75 Å². The second kappa shape index (κ2) is 6.16. The molecule has 120 valence electrons. The van der Waals surface area contributed by atoms with Gasteiger partial charge < -0.3 is 14.8 Å². The maximum absolute atomic E-state index is 12.2. The fourth-order valence-corrected chi connectivity index (χ4v) is 3.46. The molecule has 2 aliphatic rings. The fraction of sp³-hybridized carbons (Fsp3) is 0.588. The number of benzene rings is 1. The van der Waals surface area contributed by atoms with Crippen molar-refractivity contribution in [2.45, 2.75) is 31.9 Å². The molecular weight excluding hydrogens is 280 g/mol. The molecule has 1 amide bonds. The topological polar surface area (TPSA) is 50.8 Å². The average Bonchev–Trinajstić information content (AvgIpc) is 2.84.